The fraction of sp³-hybridized carbons (Fsp3) is 0.438. The van der Waals surface area contributed by atoms with E-state index in [0.717, 1.165) is 10.9 Å². The Bertz CT molecular complexity index is 994. The maximum Gasteiger partial charge on any atom is 0.418 e. The second-order valence-corrected chi connectivity index (χ2v) is 8.36. The molecule has 144 valence electrons. The summed E-state index contributed by atoms with van der Waals surface area (Å²) in [4.78, 5) is 2.39. The number of nitriles is 1. The number of benzene rings is 1. The van der Waals surface area contributed by atoms with E-state index in [1.807, 2.05) is 6.07 Å². The summed E-state index contributed by atoms with van der Waals surface area (Å²) in [6, 6.07) is 6.23. The summed E-state index contributed by atoms with van der Waals surface area (Å²) in [7, 11) is -3.18. The number of anilines is 1. The smallest absolute Gasteiger partial charge is 0.349 e. The van der Waals surface area contributed by atoms with Crippen LogP contribution in [0.4, 0.5) is 19.0 Å². The second kappa shape index (κ2) is 6.84. The molecule has 3 rings (SSSR count). The summed E-state index contributed by atoms with van der Waals surface area (Å²) in [5.41, 5.74) is -1.39. The van der Waals surface area contributed by atoms with Crippen molar-refractivity contribution in [2.24, 2.45) is 0 Å². The van der Waals surface area contributed by atoms with Gasteiger partial charge in [0.25, 0.3) is 0 Å². The Labute approximate surface area is 153 Å². The quantitative estimate of drug-likeness (QED) is 0.783. The number of alkyl halides is 3. The number of rotatable bonds is 4. The third kappa shape index (κ3) is 3.75. The highest BCUT2D eigenvalue weighted by Crippen LogP contribution is 2.34. The maximum atomic E-state index is 13.3. The first-order valence-electron chi connectivity index (χ1n) is 8.17. The van der Waals surface area contributed by atoms with Crippen molar-refractivity contribution in [3.8, 4) is 11.8 Å². The van der Waals surface area contributed by atoms with Crippen molar-refractivity contribution >= 4 is 15.7 Å². The number of hydrogen-bond donors (Lipinski definition) is 0. The van der Waals surface area contributed by atoms with Gasteiger partial charge in [0.2, 0.25) is 5.69 Å². The van der Waals surface area contributed by atoms with Crippen LogP contribution in [0.2, 0.25) is 0 Å². The average Bonchev–Trinajstić information content (AvgIpc) is 3.18. The number of sulfone groups is 1. The minimum atomic E-state index is -4.61. The fourth-order valence-corrected chi connectivity index (χ4v) is 4.89. The molecule has 1 aliphatic rings. The second-order valence-electron chi connectivity index (χ2n) is 6.13. The van der Waals surface area contributed by atoms with Crippen LogP contribution in [0.1, 0.15) is 24.6 Å². The standard InChI is InChI=1S/C16H16F3N5O2S/c1-2-23(11-7-8-27(25,26)10-11)15-13(9-20)21-24(22-15)14-6-4-3-5-12(14)16(17,18)19/h3-6,11H,2,7-8,10H2,1H3. The van der Waals surface area contributed by atoms with E-state index in [0.29, 0.717) is 13.0 Å². The van der Waals surface area contributed by atoms with Crippen LogP contribution >= 0.6 is 0 Å². The van der Waals surface area contributed by atoms with Crippen molar-refractivity contribution in [2.45, 2.75) is 25.6 Å². The van der Waals surface area contributed by atoms with Crippen LogP contribution in [0.5, 0.6) is 0 Å². The molecule has 0 radical (unpaired) electrons. The van der Waals surface area contributed by atoms with Gasteiger partial charge in [-0.1, -0.05) is 12.1 Å². The van der Waals surface area contributed by atoms with Gasteiger partial charge < -0.3 is 4.90 Å². The Morgan fingerprint density at radius 2 is 2.04 bits per heavy atom. The van der Waals surface area contributed by atoms with Gasteiger partial charge >= 0.3 is 6.18 Å². The zero-order valence-electron chi connectivity index (χ0n) is 14.3. The van der Waals surface area contributed by atoms with Gasteiger partial charge in [0.05, 0.1) is 22.8 Å². The Morgan fingerprint density at radius 1 is 1.33 bits per heavy atom. The van der Waals surface area contributed by atoms with Crippen LogP contribution in [0, 0.1) is 11.3 Å². The monoisotopic (exact) mass is 399 g/mol. The molecule has 1 saturated heterocycles. The summed E-state index contributed by atoms with van der Waals surface area (Å²) in [6.07, 6.45) is -4.24. The van der Waals surface area contributed by atoms with Gasteiger partial charge in [-0.2, -0.15) is 18.4 Å². The predicted octanol–water partition coefficient (Wildman–Crippen LogP) is 2.17. The van der Waals surface area contributed by atoms with Crippen LogP contribution in [0.3, 0.4) is 0 Å². The molecule has 27 heavy (non-hydrogen) atoms. The number of nitrogens with zero attached hydrogens (tertiary/aromatic N) is 5. The molecule has 0 amide bonds. The molecule has 1 aromatic heterocycles. The van der Waals surface area contributed by atoms with Crippen molar-refractivity contribution in [1.29, 1.82) is 5.26 Å². The first-order valence-corrected chi connectivity index (χ1v) is 9.99. The van der Waals surface area contributed by atoms with Crippen molar-refractivity contribution in [2.75, 3.05) is 23.0 Å². The number of aromatic nitrogens is 3. The topological polar surface area (TPSA) is 91.9 Å². The van der Waals surface area contributed by atoms with Gasteiger partial charge in [-0.15, -0.1) is 15.0 Å². The van der Waals surface area contributed by atoms with Gasteiger partial charge in [-0.25, -0.2) is 8.42 Å². The molecule has 0 saturated carbocycles. The SMILES string of the molecule is CCN(c1nn(-c2ccccc2C(F)(F)F)nc1C#N)C1CCS(=O)(=O)C1. The molecule has 2 heterocycles. The number of hydrogen-bond acceptors (Lipinski definition) is 6. The first kappa shape index (κ1) is 19.2. The van der Waals surface area contributed by atoms with Crippen LogP contribution in [0.25, 0.3) is 5.69 Å². The average molecular weight is 399 g/mol. The van der Waals surface area contributed by atoms with Gasteiger partial charge in [-0.3, -0.25) is 0 Å². The molecule has 0 N–H and O–H groups in total. The maximum absolute atomic E-state index is 13.3. The molecule has 11 heteroatoms. The van der Waals surface area contributed by atoms with Crippen LogP contribution in [-0.2, 0) is 16.0 Å². The molecule has 1 aromatic carbocycles. The molecular weight excluding hydrogens is 383 g/mol. The van der Waals surface area contributed by atoms with Crippen LogP contribution in [0.15, 0.2) is 24.3 Å². The van der Waals surface area contributed by atoms with E-state index in [1.54, 1.807) is 11.8 Å². The lowest BCUT2D eigenvalue weighted by atomic mass is 10.2. The molecule has 7 nitrogen and oxygen atoms in total. The van der Waals surface area contributed by atoms with Gasteiger partial charge in [0.15, 0.2) is 15.7 Å². The van der Waals surface area contributed by atoms with Crippen molar-refractivity contribution in [3.63, 3.8) is 0 Å². The van der Waals surface area contributed by atoms with Crippen LogP contribution < -0.4 is 4.90 Å². The van der Waals surface area contributed by atoms with E-state index in [4.69, 9.17) is 0 Å². The van der Waals surface area contributed by atoms with E-state index < -0.39 is 27.6 Å². The summed E-state index contributed by atoms with van der Waals surface area (Å²) >= 11 is 0. The van der Waals surface area contributed by atoms with Gasteiger partial charge in [0.1, 0.15) is 6.07 Å². The summed E-state index contributed by atoms with van der Waals surface area (Å²) in [5, 5.41) is 17.4. The third-order valence-corrected chi connectivity index (χ3v) is 6.14. The van der Waals surface area contributed by atoms with E-state index in [1.165, 1.54) is 18.2 Å². The van der Waals surface area contributed by atoms with Crippen molar-refractivity contribution in [1.82, 2.24) is 15.0 Å². The summed E-state index contributed by atoms with van der Waals surface area (Å²) < 4.78 is 63.3. The molecule has 0 bridgehead atoms. The summed E-state index contributed by atoms with van der Waals surface area (Å²) in [6.45, 7) is 2.10. The van der Waals surface area contributed by atoms with Crippen molar-refractivity contribution in [3.05, 3.63) is 35.5 Å². The number of halogens is 3. The molecule has 1 aliphatic heterocycles. The molecule has 0 spiro atoms. The first-order chi connectivity index (χ1) is 12.7. The van der Waals surface area contributed by atoms with E-state index in [9.17, 15) is 26.9 Å². The molecular formula is C16H16F3N5O2S. The minimum absolute atomic E-state index is 0.0289. The molecule has 2 aromatic rings. The number of para-hydroxylation sites is 1. The van der Waals surface area contributed by atoms with E-state index in [-0.39, 0.29) is 28.7 Å². The largest absolute Gasteiger partial charge is 0.418 e. The lowest BCUT2D eigenvalue weighted by Gasteiger charge is -2.26. The highest BCUT2D eigenvalue weighted by Gasteiger charge is 2.36. The zero-order chi connectivity index (χ0) is 19.8. The van der Waals surface area contributed by atoms with E-state index in [2.05, 4.69) is 10.2 Å². The Kier molecular flexibility index (Phi) is 4.86. The minimum Gasteiger partial charge on any atom is -0.349 e. The highest BCUT2D eigenvalue weighted by molar-refractivity contribution is 7.91. The Hall–Kier alpha value is -2.61. The highest BCUT2D eigenvalue weighted by atomic mass is 32.2. The van der Waals surface area contributed by atoms with E-state index >= 15 is 0 Å². The van der Waals surface area contributed by atoms with Crippen LogP contribution in [-0.4, -0.2) is 47.5 Å². The normalized spacial score (nSPS) is 19.0. The summed E-state index contributed by atoms with van der Waals surface area (Å²) in [5.74, 6) is 0.0257. The Balaban J connectivity index is 2.06. The lowest BCUT2D eigenvalue weighted by Crippen LogP contribution is -2.37. The van der Waals surface area contributed by atoms with Gasteiger partial charge in [0, 0.05) is 12.6 Å². The molecule has 1 unspecified atom stereocenters. The van der Waals surface area contributed by atoms with Gasteiger partial charge in [-0.05, 0) is 25.5 Å². The fourth-order valence-electron chi connectivity index (χ4n) is 3.16. The molecule has 0 aliphatic carbocycles. The Morgan fingerprint density at radius 3 is 2.59 bits per heavy atom. The van der Waals surface area contributed by atoms with Crippen molar-refractivity contribution < 1.29 is 21.6 Å². The third-order valence-electron chi connectivity index (χ3n) is 4.39. The predicted molar refractivity (Wildman–Crippen MR) is 91.2 cm³/mol. The lowest BCUT2D eigenvalue weighted by molar-refractivity contribution is -0.137. The molecule has 1 atom stereocenters. The molecule has 1 fully saturated rings. The zero-order valence-corrected chi connectivity index (χ0v) is 15.1.